The highest BCUT2D eigenvalue weighted by Gasteiger charge is 2.10. The molecular formula is C19H25N5. The van der Waals surface area contributed by atoms with Crippen molar-refractivity contribution in [2.75, 3.05) is 35.2 Å². The van der Waals surface area contributed by atoms with Crippen LogP contribution < -0.4 is 15.5 Å². The van der Waals surface area contributed by atoms with Crippen molar-refractivity contribution in [3.63, 3.8) is 0 Å². The lowest BCUT2D eigenvalue weighted by atomic mass is 10.1. The molecule has 2 aromatic rings. The number of hydrogen-bond acceptors (Lipinski definition) is 5. The first-order chi connectivity index (χ1) is 11.7. The number of aryl methyl sites for hydroxylation is 1. The molecule has 1 aliphatic heterocycles. The van der Waals surface area contributed by atoms with E-state index in [9.17, 15) is 0 Å². The molecule has 0 unspecified atom stereocenters. The number of nitrogens with zero attached hydrogens (tertiary/aromatic N) is 3. The molecule has 0 radical (unpaired) electrons. The molecule has 1 aliphatic rings. The van der Waals surface area contributed by atoms with Crippen LogP contribution in [0.2, 0.25) is 0 Å². The summed E-state index contributed by atoms with van der Waals surface area (Å²) in [6.45, 7) is 8.63. The summed E-state index contributed by atoms with van der Waals surface area (Å²) in [7, 11) is 0. The molecule has 5 nitrogen and oxygen atoms in total. The Morgan fingerprint density at radius 2 is 1.88 bits per heavy atom. The summed E-state index contributed by atoms with van der Waals surface area (Å²) < 4.78 is 0. The maximum absolute atomic E-state index is 4.49. The smallest absolute Gasteiger partial charge is 0.225 e. The first-order valence-corrected chi connectivity index (χ1v) is 8.57. The molecule has 2 heterocycles. The van der Waals surface area contributed by atoms with E-state index in [1.807, 2.05) is 13.0 Å². The molecule has 5 heteroatoms. The maximum Gasteiger partial charge on any atom is 0.225 e. The van der Waals surface area contributed by atoms with Crippen molar-refractivity contribution in [3.05, 3.63) is 48.7 Å². The number of benzene rings is 1. The van der Waals surface area contributed by atoms with E-state index in [0.717, 1.165) is 30.3 Å². The zero-order chi connectivity index (χ0) is 16.8. The van der Waals surface area contributed by atoms with Crippen LogP contribution >= 0.6 is 0 Å². The van der Waals surface area contributed by atoms with Crippen molar-refractivity contribution in [3.8, 4) is 0 Å². The number of piperidine rings is 1. The monoisotopic (exact) mass is 323 g/mol. The van der Waals surface area contributed by atoms with Gasteiger partial charge in [0.05, 0.1) is 0 Å². The van der Waals surface area contributed by atoms with Crippen LogP contribution in [-0.2, 0) is 0 Å². The Balaban J connectivity index is 1.69. The number of rotatable bonds is 6. The van der Waals surface area contributed by atoms with Gasteiger partial charge in [0.15, 0.2) is 0 Å². The van der Waals surface area contributed by atoms with Gasteiger partial charge in [-0.2, -0.15) is 4.98 Å². The molecule has 24 heavy (non-hydrogen) atoms. The summed E-state index contributed by atoms with van der Waals surface area (Å²) in [5.41, 5.74) is 3.25. The minimum absolute atomic E-state index is 0.613. The lowest BCUT2D eigenvalue weighted by molar-refractivity contribution is 0.578. The van der Waals surface area contributed by atoms with Gasteiger partial charge in [-0.25, -0.2) is 4.98 Å². The highest BCUT2D eigenvalue weighted by molar-refractivity contribution is 5.61. The van der Waals surface area contributed by atoms with Crippen molar-refractivity contribution in [2.45, 2.75) is 26.2 Å². The van der Waals surface area contributed by atoms with Gasteiger partial charge in [-0.05, 0) is 50.5 Å². The zero-order valence-corrected chi connectivity index (χ0v) is 14.3. The van der Waals surface area contributed by atoms with Gasteiger partial charge in [0, 0.05) is 42.8 Å². The minimum Gasteiger partial charge on any atom is -0.372 e. The van der Waals surface area contributed by atoms with Crippen LogP contribution in [0, 0.1) is 6.92 Å². The average Bonchev–Trinajstić information content (AvgIpc) is 2.61. The van der Waals surface area contributed by atoms with E-state index in [4.69, 9.17) is 0 Å². The summed E-state index contributed by atoms with van der Waals surface area (Å²) in [5, 5.41) is 6.48. The van der Waals surface area contributed by atoms with Crippen molar-refractivity contribution in [1.29, 1.82) is 0 Å². The molecule has 0 bridgehead atoms. The summed E-state index contributed by atoms with van der Waals surface area (Å²) in [5.74, 6) is 1.40. The van der Waals surface area contributed by atoms with Gasteiger partial charge in [-0.15, -0.1) is 6.58 Å². The molecule has 1 aromatic carbocycles. The minimum atomic E-state index is 0.613. The van der Waals surface area contributed by atoms with E-state index >= 15 is 0 Å². The van der Waals surface area contributed by atoms with E-state index in [2.05, 4.69) is 56.3 Å². The molecule has 1 saturated heterocycles. The second-order valence-corrected chi connectivity index (χ2v) is 6.11. The molecule has 0 atom stereocenters. The Morgan fingerprint density at radius 1 is 1.12 bits per heavy atom. The summed E-state index contributed by atoms with van der Waals surface area (Å²) in [6, 6.07) is 10.5. The second kappa shape index (κ2) is 7.81. The van der Waals surface area contributed by atoms with Crippen molar-refractivity contribution in [2.24, 2.45) is 0 Å². The second-order valence-electron chi connectivity index (χ2n) is 6.11. The van der Waals surface area contributed by atoms with Crippen LogP contribution in [0.1, 0.15) is 25.0 Å². The molecule has 0 amide bonds. The Bertz CT molecular complexity index is 675. The Labute approximate surface area is 143 Å². The zero-order valence-electron chi connectivity index (χ0n) is 14.3. The quantitative estimate of drug-likeness (QED) is 0.783. The standard InChI is InChI=1S/C19H25N5/c1-3-11-20-19-21-15(2)14-18(23-19)22-16-7-9-17(10-8-16)24-12-5-4-6-13-24/h3,7-10,14H,1,4-6,11-13H2,2H3,(H2,20,21,22,23). The largest absolute Gasteiger partial charge is 0.372 e. The summed E-state index contributed by atoms with van der Waals surface area (Å²) in [6.07, 6.45) is 5.73. The first-order valence-electron chi connectivity index (χ1n) is 8.57. The van der Waals surface area contributed by atoms with E-state index in [1.54, 1.807) is 6.08 Å². The number of anilines is 4. The predicted octanol–water partition coefficient (Wildman–Crippen LogP) is 4.12. The van der Waals surface area contributed by atoms with E-state index in [-0.39, 0.29) is 0 Å². The van der Waals surface area contributed by atoms with Crippen molar-refractivity contribution < 1.29 is 0 Å². The first kappa shape index (κ1) is 16.3. The SMILES string of the molecule is C=CCNc1nc(C)cc(Nc2ccc(N3CCCCC3)cc2)n1. The van der Waals surface area contributed by atoms with Gasteiger partial charge in [0.25, 0.3) is 0 Å². The summed E-state index contributed by atoms with van der Waals surface area (Å²) in [4.78, 5) is 11.3. The molecule has 0 saturated carbocycles. The average molecular weight is 323 g/mol. The lowest BCUT2D eigenvalue weighted by Gasteiger charge is -2.28. The van der Waals surface area contributed by atoms with Crippen LogP contribution in [0.5, 0.6) is 0 Å². The predicted molar refractivity (Wildman–Crippen MR) is 101 cm³/mol. The number of aromatic nitrogens is 2. The van der Waals surface area contributed by atoms with Crippen molar-refractivity contribution >= 4 is 23.1 Å². The Hall–Kier alpha value is -2.56. The van der Waals surface area contributed by atoms with E-state index in [1.165, 1.54) is 24.9 Å². The van der Waals surface area contributed by atoms with E-state index < -0.39 is 0 Å². The number of hydrogen-bond donors (Lipinski definition) is 2. The molecule has 1 fully saturated rings. The van der Waals surface area contributed by atoms with Gasteiger partial charge in [-0.3, -0.25) is 0 Å². The fraction of sp³-hybridized carbons (Fsp3) is 0.368. The van der Waals surface area contributed by atoms with Crippen LogP contribution in [0.15, 0.2) is 43.0 Å². The maximum atomic E-state index is 4.49. The van der Waals surface area contributed by atoms with E-state index in [0.29, 0.717) is 12.5 Å². The van der Waals surface area contributed by atoms with Gasteiger partial charge in [0.2, 0.25) is 5.95 Å². The fourth-order valence-electron chi connectivity index (χ4n) is 2.93. The third-order valence-electron chi connectivity index (χ3n) is 4.12. The van der Waals surface area contributed by atoms with Crippen LogP contribution in [0.25, 0.3) is 0 Å². The lowest BCUT2D eigenvalue weighted by Crippen LogP contribution is -2.29. The molecule has 0 aliphatic carbocycles. The molecule has 1 aromatic heterocycles. The van der Waals surface area contributed by atoms with Crippen molar-refractivity contribution in [1.82, 2.24) is 9.97 Å². The topological polar surface area (TPSA) is 53.1 Å². The molecule has 2 N–H and O–H groups in total. The molecule has 0 spiro atoms. The fourth-order valence-corrected chi connectivity index (χ4v) is 2.93. The van der Waals surface area contributed by atoms with Gasteiger partial charge >= 0.3 is 0 Å². The van der Waals surface area contributed by atoms with Crippen LogP contribution in [0.4, 0.5) is 23.1 Å². The number of nitrogens with one attached hydrogen (secondary N) is 2. The normalized spacial score (nSPS) is 14.3. The summed E-state index contributed by atoms with van der Waals surface area (Å²) >= 11 is 0. The van der Waals surface area contributed by atoms with Gasteiger partial charge < -0.3 is 15.5 Å². The van der Waals surface area contributed by atoms with Crippen LogP contribution in [0.3, 0.4) is 0 Å². The molecule has 3 rings (SSSR count). The Kier molecular flexibility index (Phi) is 5.31. The highest BCUT2D eigenvalue weighted by atomic mass is 15.1. The molecular weight excluding hydrogens is 298 g/mol. The van der Waals surface area contributed by atoms with Gasteiger partial charge in [0.1, 0.15) is 5.82 Å². The van der Waals surface area contributed by atoms with Gasteiger partial charge in [-0.1, -0.05) is 6.08 Å². The third-order valence-corrected chi connectivity index (χ3v) is 4.12. The Morgan fingerprint density at radius 3 is 2.58 bits per heavy atom. The molecule has 126 valence electrons. The van der Waals surface area contributed by atoms with Crippen LogP contribution in [-0.4, -0.2) is 29.6 Å². The highest BCUT2D eigenvalue weighted by Crippen LogP contribution is 2.23. The third kappa shape index (κ3) is 4.25.